The number of imidazole rings is 1. The van der Waals surface area contributed by atoms with Gasteiger partial charge in [-0.2, -0.15) is 0 Å². The monoisotopic (exact) mass is 370 g/mol. The fourth-order valence-electron chi connectivity index (χ4n) is 3.67. The molecular formula is C24H16F2N2. The van der Waals surface area contributed by atoms with Gasteiger partial charge < -0.3 is 4.40 Å². The number of rotatable bonds is 3. The van der Waals surface area contributed by atoms with Gasteiger partial charge in [0.2, 0.25) is 0 Å². The molecule has 0 saturated heterocycles. The molecule has 2 nitrogen and oxygen atoms in total. The first-order valence-electron chi connectivity index (χ1n) is 9.08. The van der Waals surface area contributed by atoms with Crippen molar-refractivity contribution in [3.8, 4) is 11.3 Å². The Labute approximate surface area is 160 Å². The summed E-state index contributed by atoms with van der Waals surface area (Å²) in [4.78, 5) is 4.91. The summed E-state index contributed by atoms with van der Waals surface area (Å²) >= 11 is 0. The maximum absolute atomic E-state index is 13.7. The molecule has 0 saturated carbocycles. The van der Waals surface area contributed by atoms with E-state index in [-0.39, 0.29) is 11.6 Å². The standard InChI is InChI=1S/C24H16F2N2/c25-19-10-8-18(9-11-19)23-22(15-16-4-3-6-20(26)14-16)28-13-12-17-5-1-2-7-21(17)24(28)27-23/h1-14H,15H2. The van der Waals surface area contributed by atoms with Gasteiger partial charge in [-0.15, -0.1) is 0 Å². The molecule has 5 rings (SSSR count). The summed E-state index contributed by atoms with van der Waals surface area (Å²) in [6, 6.07) is 23.0. The molecule has 0 aliphatic heterocycles. The molecule has 0 spiro atoms. The van der Waals surface area contributed by atoms with E-state index in [0.717, 1.165) is 38.9 Å². The van der Waals surface area contributed by atoms with Crippen molar-refractivity contribution in [2.75, 3.05) is 0 Å². The van der Waals surface area contributed by atoms with Crippen LogP contribution in [0.1, 0.15) is 11.3 Å². The van der Waals surface area contributed by atoms with E-state index in [4.69, 9.17) is 4.98 Å². The number of pyridine rings is 1. The molecular weight excluding hydrogens is 354 g/mol. The fraction of sp³-hybridized carbons (Fsp3) is 0.0417. The van der Waals surface area contributed by atoms with Gasteiger partial charge in [0, 0.05) is 23.6 Å². The summed E-state index contributed by atoms with van der Waals surface area (Å²) in [5.74, 6) is -0.551. The van der Waals surface area contributed by atoms with E-state index in [1.807, 2.05) is 47.0 Å². The summed E-state index contributed by atoms with van der Waals surface area (Å²) in [5.41, 5.74) is 4.25. The predicted molar refractivity (Wildman–Crippen MR) is 107 cm³/mol. The van der Waals surface area contributed by atoms with Gasteiger partial charge in [-0.1, -0.05) is 36.4 Å². The van der Waals surface area contributed by atoms with E-state index < -0.39 is 0 Å². The Balaban J connectivity index is 1.78. The Morgan fingerprint density at radius 3 is 2.43 bits per heavy atom. The van der Waals surface area contributed by atoms with Crippen LogP contribution in [0.2, 0.25) is 0 Å². The minimum absolute atomic E-state index is 0.264. The van der Waals surface area contributed by atoms with E-state index in [2.05, 4.69) is 0 Å². The summed E-state index contributed by atoms with van der Waals surface area (Å²) in [7, 11) is 0. The van der Waals surface area contributed by atoms with Gasteiger partial charge in [0.15, 0.2) is 0 Å². The van der Waals surface area contributed by atoms with Crippen molar-refractivity contribution < 1.29 is 8.78 Å². The number of halogens is 2. The van der Waals surface area contributed by atoms with Gasteiger partial charge in [0.1, 0.15) is 17.3 Å². The summed E-state index contributed by atoms with van der Waals surface area (Å²) in [5, 5.41) is 2.14. The minimum atomic E-state index is -0.287. The second-order valence-electron chi connectivity index (χ2n) is 6.82. The van der Waals surface area contributed by atoms with Crippen LogP contribution in [-0.4, -0.2) is 9.38 Å². The van der Waals surface area contributed by atoms with E-state index in [1.165, 1.54) is 24.3 Å². The molecule has 0 unspecified atom stereocenters. The molecule has 0 atom stereocenters. The molecule has 0 amide bonds. The van der Waals surface area contributed by atoms with Crippen molar-refractivity contribution in [1.29, 1.82) is 0 Å². The molecule has 136 valence electrons. The zero-order valence-corrected chi connectivity index (χ0v) is 14.9. The van der Waals surface area contributed by atoms with Gasteiger partial charge >= 0.3 is 0 Å². The maximum Gasteiger partial charge on any atom is 0.145 e. The van der Waals surface area contributed by atoms with Crippen LogP contribution >= 0.6 is 0 Å². The largest absolute Gasteiger partial charge is 0.303 e. The second kappa shape index (κ2) is 6.57. The Morgan fingerprint density at radius 1 is 0.786 bits per heavy atom. The molecule has 0 aliphatic rings. The fourth-order valence-corrected chi connectivity index (χ4v) is 3.67. The molecule has 0 bridgehead atoms. The van der Waals surface area contributed by atoms with E-state index in [9.17, 15) is 8.78 Å². The van der Waals surface area contributed by atoms with Gasteiger partial charge in [0.05, 0.1) is 11.4 Å². The molecule has 28 heavy (non-hydrogen) atoms. The normalized spacial score (nSPS) is 11.4. The lowest BCUT2D eigenvalue weighted by Gasteiger charge is -2.07. The zero-order valence-electron chi connectivity index (χ0n) is 14.9. The Hall–Kier alpha value is -3.53. The number of nitrogens with zero attached hydrogens (tertiary/aromatic N) is 2. The van der Waals surface area contributed by atoms with Crippen molar-refractivity contribution in [3.05, 3.63) is 108 Å². The number of fused-ring (bicyclic) bond motifs is 3. The average Bonchev–Trinajstić information content (AvgIpc) is 3.07. The smallest absolute Gasteiger partial charge is 0.145 e. The quantitative estimate of drug-likeness (QED) is 0.379. The van der Waals surface area contributed by atoms with Crippen LogP contribution in [0.3, 0.4) is 0 Å². The lowest BCUT2D eigenvalue weighted by Crippen LogP contribution is -1.97. The van der Waals surface area contributed by atoms with E-state index in [0.29, 0.717) is 6.42 Å². The van der Waals surface area contributed by atoms with Crippen LogP contribution in [0, 0.1) is 11.6 Å². The van der Waals surface area contributed by atoms with Crippen LogP contribution in [0.5, 0.6) is 0 Å². The molecule has 3 aromatic carbocycles. The summed E-state index contributed by atoms with van der Waals surface area (Å²) in [6.45, 7) is 0. The van der Waals surface area contributed by atoms with Crippen molar-refractivity contribution in [2.45, 2.75) is 6.42 Å². The Kier molecular flexibility index (Phi) is 3.90. The third-order valence-corrected chi connectivity index (χ3v) is 4.99. The van der Waals surface area contributed by atoms with Crippen LogP contribution in [0.25, 0.3) is 27.7 Å². The lowest BCUT2D eigenvalue weighted by atomic mass is 10.0. The topological polar surface area (TPSA) is 17.3 Å². The van der Waals surface area contributed by atoms with Crippen LogP contribution in [0.15, 0.2) is 85.1 Å². The highest BCUT2D eigenvalue weighted by molar-refractivity contribution is 5.95. The van der Waals surface area contributed by atoms with Crippen LogP contribution in [-0.2, 0) is 6.42 Å². The zero-order chi connectivity index (χ0) is 19.1. The molecule has 4 heteroatoms. The highest BCUT2D eigenvalue weighted by atomic mass is 19.1. The van der Waals surface area contributed by atoms with Gasteiger partial charge in [0.25, 0.3) is 0 Å². The number of hydrogen-bond acceptors (Lipinski definition) is 1. The van der Waals surface area contributed by atoms with Crippen molar-refractivity contribution in [2.24, 2.45) is 0 Å². The SMILES string of the molecule is Fc1ccc(-c2nc3c4ccccc4ccn3c2Cc2cccc(F)c2)cc1. The molecule has 0 radical (unpaired) electrons. The van der Waals surface area contributed by atoms with Crippen molar-refractivity contribution in [1.82, 2.24) is 9.38 Å². The predicted octanol–water partition coefficient (Wildman–Crippen LogP) is 6.02. The van der Waals surface area contributed by atoms with Gasteiger partial charge in [-0.25, -0.2) is 13.8 Å². The minimum Gasteiger partial charge on any atom is -0.303 e. The van der Waals surface area contributed by atoms with Gasteiger partial charge in [-0.3, -0.25) is 0 Å². The highest BCUT2D eigenvalue weighted by Gasteiger charge is 2.16. The highest BCUT2D eigenvalue weighted by Crippen LogP contribution is 2.30. The Bertz CT molecular complexity index is 1300. The van der Waals surface area contributed by atoms with E-state index >= 15 is 0 Å². The Morgan fingerprint density at radius 2 is 1.61 bits per heavy atom. The van der Waals surface area contributed by atoms with Crippen molar-refractivity contribution >= 4 is 16.4 Å². The van der Waals surface area contributed by atoms with Crippen LogP contribution in [0.4, 0.5) is 8.78 Å². The third-order valence-electron chi connectivity index (χ3n) is 4.99. The molecule has 0 aliphatic carbocycles. The lowest BCUT2D eigenvalue weighted by molar-refractivity contribution is 0.625. The molecule has 5 aromatic rings. The first-order valence-corrected chi connectivity index (χ1v) is 9.08. The molecule has 0 fully saturated rings. The van der Waals surface area contributed by atoms with Gasteiger partial charge in [-0.05, 0) is 53.4 Å². The second-order valence-corrected chi connectivity index (χ2v) is 6.82. The molecule has 2 heterocycles. The van der Waals surface area contributed by atoms with Crippen LogP contribution < -0.4 is 0 Å². The molecule has 0 N–H and O–H groups in total. The average molecular weight is 370 g/mol. The van der Waals surface area contributed by atoms with Crippen molar-refractivity contribution in [3.63, 3.8) is 0 Å². The maximum atomic E-state index is 13.7. The molecule has 2 aromatic heterocycles. The third kappa shape index (κ3) is 2.83. The number of benzene rings is 3. The first-order chi connectivity index (χ1) is 13.7. The number of aromatic nitrogens is 2. The summed E-state index contributed by atoms with van der Waals surface area (Å²) in [6.07, 6.45) is 2.51. The number of hydrogen-bond donors (Lipinski definition) is 0. The first kappa shape index (κ1) is 16.6. The summed E-state index contributed by atoms with van der Waals surface area (Å²) < 4.78 is 29.2. The van der Waals surface area contributed by atoms with E-state index in [1.54, 1.807) is 18.2 Å².